The number of halogens is 2. The molecule has 1 aliphatic carbocycles. The van der Waals surface area contributed by atoms with E-state index in [1.165, 1.54) is 0 Å². The van der Waals surface area contributed by atoms with Crippen molar-refractivity contribution in [2.24, 2.45) is 5.41 Å². The highest BCUT2D eigenvalue weighted by Gasteiger charge is 2.49. The quantitative estimate of drug-likeness (QED) is 0.821. The maximum Gasteiger partial charge on any atom is 0.156 e. The molecule has 0 saturated heterocycles. The average molecular weight is 363 g/mol. The minimum atomic E-state index is 0.0931. The largest absolute Gasteiger partial charge is 0.493 e. The molecule has 0 amide bonds. The van der Waals surface area contributed by atoms with Gasteiger partial charge in [0.2, 0.25) is 0 Å². The lowest BCUT2D eigenvalue weighted by atomic mass is 9.64. The highest BCUT2D eigenvalue weighted by molar-refractivity contribution is 9.10. The molecule has 1 N–H and O–H groups in total. The summed E-state index contributed by atoms with van der Waals surface area (Å²) in [4.78, 5) is 0. The predicted molar refractivity (Wildman–Crippen MR) is 86.9 cm³/mol. The van der Waals surface area contributed by atoms with Crippen LogP contribution in [-0.4, -0.2) is 25.9 Å². The molecular formula is C15H21BrClNO2. The summed E-state index contributed by atoms with van der Waals surface area (Å²) in [5.74, 6) is 0.782. The molecule has 0 heterocycles. The molecule has 3 nitrogen and oxygen atoms in total. The van der Waals surface area contributed by atoms with Gasteiger partial charge in [-0.2, -0.15) is 0 Å². The van der Waals surface area contributed by atoms with Gasteiger partial charge in [0.1, 0.15) is 0 Å². The van der Waals surface area contributed by atoms with Crippen LogP contribution in [0.5, 0.6) is 5.75 Å². The first-order valence-corrected chi connectivity index (χ1v) is 7.98. The van der Waals surface area contributed by atoms with Crippen LogP contribution in [0.2, 0.25) is 5.02 Å². The maximum absolute atomic E-state index is 6.12. The van der Waals surface area contributed by atoms with E-state index in [0.717, 1.165) is 28.9 Å². The zero-order chi connectivity index (χ0) is 14.9. The monoisotopic (exact) mass is 361 g/mol. The number of benzene rings is 1. The van der Waals surface area contributed by atoms with Crippen molar-refractivity contribution in [1.29, 1.82) is 0 Å². The smallest absolute Gasteiger partial charge is 0.156 e. The first-order valence-electron chi connectivity index (χ1n) is 6.81. The summed E-state index contributed by atoms with van der Waals surface area (Å²) in [6.07, 6.45) is 1.30. The molecule has 2 rings (SSSR count). The lowest BCUT2D eigenvalue weighted by molar-refractivity contribution is -0.0976. The molecule has 1 aliphatic rings. The summed E-state index contributed by atoms with van der Waals surface area (Å²) in [5.41, 5.74) is 1.01. The van der Waals surface area contributed by atoms with Crippen LogP contribution < -0.4 is 10.1 Å². The van der Waals surface area contributed by atoms with Crippen molar-refractivity contribution in [2.45, 2.75) is 39.3 Å². The molecule has 0 aromatic heterocycles. The van der Waals surface area contributed by atoms with E-state index in [9.17, 15) is 0 Å². The van der Waals surface area contributed by atoms with Crippen molar-refractivity contribution in [3.63, 3.8) is 0 Å². The Morgan fingerprint density at radius 3 is 2.70 bits per heavy atom. The standard InChI is InChI=1S/C15H21BrClNO2/c1-5-20-13-8-12(15(13,2)3)18-11-7-9(17)6-10(16)14(11)19-4/h6-7,12-13,18H,5,8H2,1-4H3. The second kappa shape index (κ2) is 6.12. The van der Waals surface area contributed by atoms with Crippen molar-refractivity contribution in [3.05, 3.63) is 21.6 Å². The third kappa shape index (κ3) is 2.92. The molecule has 1 fully saturated rings. The van der Waals surface area contributed by atoms with Gasteiger partial charge in [0.05, 0.1) is 23.4 Å². The molecule has 0 radical (unpaired) electrons. The van der Waals surface area contributed by atoms with Crippen LogP contribution in [0.4, 0.5) is 5.69 Å². The van der Waals surface area contributed by atoms with Crippen molar-refractivity contribution in [1.82, 2.24) is 0 Å². The van der Waals surface area contributed by atoms with E-state index >= 15 is 0 Å². The Hall–Kier alpha value is -0.450. The summed E-state index contributed by atoms with van der Waals surface area (Å²) in [7, 11) is 1.66. The SMILES string of the molecule is CCOC1CC(Nc2cc(Cl)cc(Br)c2OC)C1(C)C. The number of methoxy groups -OCH3 is 1. The first kappa shape index (κ1) is 15.9. The van der Waals surface area contributed by atoms with Crippen molar-refractivity contribution < 1.29 is 9.47 Å². The molecule has 2 unspecified atom stereocenters. The third-order valence-electron chi connectivity index (χ3n) is 4.09. The molecule has 2 atom stereocenters. The number of nitrogens with one attached hydrogen (secondary N) is 1. The number of rotatable bonds is 5. The Labute approximate surface area is 134 Å². The summed E-state index contributed by atoms with van der Waals surface area (Å²) in [5, 5.41) is 4.22. The number of hydrogen-bond acceptors (Lipinski definition) is 3. The van der Waals surface area contributed by atoms with Gasteiger partial charge in [-0.3, -0.25) is 0 Å². The van der Waals surface area contributed by atoms with Gasteiger partial charge in [0.15, 0.2) is 5.75 Å². The average Bonchev–Trinajstić information content (AvgIpc) is 2.37. The molecule has 20 heavy (non-hydrogen) atoms. The third-order valence-corrected chi connectivity index (χ3v) is 4.90. The van der Waals surface area contributed by atoms with Gasteiger partial charge < -0.3 is 14.8 Å². The van der Waals surface area contributed by atoms with Crippen LogP contribution in [0.25, 0.3) is 0 Å². The Morgan fingerprint density at radius 2 is 2.15 bits per heavy atom. The topological polar surface area (TPSA) is 30.5 Å². The lowest BCUT2D eigenvalue weighted by Crippen LogP contribution is -2.58. The van der Waals surface area contributed by atoms with Crippen LogP contribution in [0, 0.1) is 5.41 Å². The minimum absolute atomic E-state index is 0.0931. The second-order valence-electron chi connectivity index (χ2n) is 5.67. The fourth-order valence-corrected chi connectivity index (χ4v) is 3.65. The Bertz CT molecular complexity index is 493. The van der Waals surface area contributed by atoms with Crippen molar-refractivity contribution in [2.75, 3.05) is 19.0 Å². The molecule has 5 heteroatoms. The normalized spacial score (nSPS) is 24.1. The van der Waals surface area contributed by atoms with Gasteiger partial charge in [-0.15, -0.1) is 0 Å². The molecule has 1 aromatic rings. The van der Waals surface area contributed by atoms with E-state index in [1.54, 1.807) is 7.11 Å². The molecule has 1 aromatic carbocycles. The van der Waals surface area contributed by atoms with Gasteiger partial charge in [-0.25, -0.2) is 0 Å². The zero-order valence-electron chi connectivity index (χ0n) is 12.3. The van der Waals surface area contributed by atoms with E-state index in [-0.39, 0.29) is 5.41 Å². The van der Waals surface area contributed by atoms with Gasteiger partial charge >= 0.3 is 0 Å². The minimum Gasteiger partial charge on any atom is -0.493 e. The lowest BCUT2D eigenvalue weighted by Gasteiger charge is -2.52. The molecule has 1 saturated carbocycles. The molecule has 0 aliphatic heterocycles. The number of hydrogen-bond donors (Lipinski definition) is 1. The van der Waals surface area contributed by atoms with E-state index in [0.29, 0.717) is 17.2 Å². The van der Waals surface area contributed by atoms with Crippen LogP contribution in [-0.2, 0) is 4.74 Å². The van der Waals surface area contributed by atoms with Gasteiger partial charge in [-0.1, -0.05) is 25.4 Å². The van der Waals surface area contributed by atoms with E-state index in [2.05, 4.69) is 35.1 Å². The maximum atomic E-state index is 6.12. The van der Waals surface area contributed by atoms with Crippen LogP contribution >= 0.6 is 27.5 Å². The zero-order valence-corrected chi connectivity index (χ0v) is 14.6. The van der Waals surface area contributed by atoms with Crippen LogP contribution in [0.1, 0.15) is 27.2 Å². The highest BCUT2D eigenvalue weighted by atomic mass is 79.9. The fraction of sp³-hybridized carbons (Fsp3) is 0.600. The number of ether oxygens (including phenoxy) is 2. The second-order valence-corrected chi connectivity index (χ2v) is 6.96. The van der Waals surface area contributed by atoms with E-state index in [1.807, 2.05) is 19.1 Å². The summed E-state index contributed by atoms with van der Waals surface area (Å²) in [6, 6.07) is 4.08. The highest BCUT2D eigenvalue weighted by Crippen LogP contribution is 2.46. The van der Waals surface area contributed by atoms with E-state index < -0.39 is 0 Å². The summed E-state index contributed by atoms with van der Waals surface area (Å²) < 4.78 is 12.1. The summed E-state index contributed by atoms with van der Waals surface area (Å²) >= 11 is 9.60. The van der Waals surface area contributed by atoms with Gasteiger partial charge in [-0.05, 0) is 41.4 Å². The van der Waals surface area contributed by atoms with Crippen LogP contribution in [0.3, 0.4) is 0 Å². The Morgan fingerprint density at radius 1 is 1.45 bits per heavy atom. The van der Waals surface area contributed by atoms with Gasteiger partial charge in [0, 0.05) is 23.1 Å². The number of anilines is 1. The van der Waals surface area contributed by atoms with Crippen molar-refractivity contribution >= 4 is 33.2 Å². The van der Waals surface area contributed by atoms with E-state index in [4.69, 9.17) is 21.1 Å². The molecule has 0 spiro atoms. The first-order chi connectivity index (χ1) is 9.40. The molecule has 0 bridgehead atoms. The molecular weight excluding hydrogens is 342 g/mol. The Balaban J connectivity index is 2.16. The predicted octanol–water partition coefficient (Wildman–Crippen LogP) is 4.73. The summed E-state index contributed by atoms with van der Waals surface area (Å²) in [6.45, 7) is 7.24. The van der Waals surface area contributed by atoms with Gasteiger partial charge in [0.25, 0.3) is 0 Å². The van der Waals surface area contributed by atoms with Crippen LogP contribution in [0.15, 0.2) is 16.6 Å². The fourth-order valence-electron chi connectivity index (χ4n) is 2.68. The Kier molecular flexibility index (Phi) is 4.88. The van der Waals surface area contributed by atoms with Crippen molar-refractivity contribution in [3.8, 4) is 5.75 Å². The molecule has 112 valence electrons.